The summed E-state index contributed by atoms with van der Waals surface area (Å²) in [5.41, 5.74) is 0.671. The van der Waals surface area contributed by atoms with Gasteiger partial charge >= 0.3 is 0 Å². The van der Waals surface area contributed by atoms with Gasteiger partial charge in [-0.2, -0.15) is 0 Å². The molecule has 0 saturated carbocycles. The van der Waals surface area contributed by atoms with Crippen LogP contribution in [-0.2, 0) is 0 Å². The summed E-state index contributed by atoms with van der Waals surface area (Å²) in [6, 6.07) is 5.76. The molecule has 0 fully saturated rings. The van der Waals surface area contributed by atoms with Crippen molar-refractivity contribution in [2.45, 2.75) is 32.7 Å². The third-order valence-electron chi connectivity index (χ3n) is 2.22. The predicted molar refractivity (Wildman–Crippen MR) is 73.7 cm³/mol. The summed E-state index contributed by atoms with van der Waals surface area (Å²) in [4.78, 5) is 11.9. The number of nitrogens with one attached hydrogen (secondary N) is 1. The second kappa shape index (κ2) is 6.40. The van der Waals surface area contributed by atoms with Crippen molar-refractivity contribution in [3.8, 4) is 0 Å². The monoisotopic (exact) mass is 347 g/mol. The zero-order valence-corrected chi connectivity index (χ0v) is 12.6. The van der Waals surface area contributed by atoms with Gasteiger partial charge in [0.15, 0.2) is 0 Å². The number of rotatable bonds is 4. The van der Waals surface area contributed by atoms with E-state index in [0.29, 0.717) is 5.56 Å². The van der Waals surface area contributed by atoms with Crippen LogP contribution in [0.25, 0.3) is 0 Å². The molecule has 4 heteroatoms. The molecule has 0 aliphatic carbocycles. The Kier molecular flexibility index (Phi) is 5.49. The van der Waals surface area contributed by atoms with Crippen LogP contribution in [0.4, 0.5) is 0 Å². The van der Waals surface area contributed by atoms with Gasteiger partial charge in [-0.05, 0) is 31.5 Å². The summed E-state index contributed by atoms with van der Waals surface area (Å²) in [5, 5.41) is 2.97. The molecule has 1 atom stereocenters. The molecule has 0 heterocycles. The van der Waals surface area contributed by atoms with Crippen molar-refractivity contribution in [1.82, 2.24) is 5.32 Å². The lowest BCUT2D eigenvalue weighted by atomic mass is 10.1. The second-order valence-corrected chi connectivity index (χ2v) is 5.65. The number of carbonyl (C=O) groups excluding carboxylic acids is 1. The maximum absolute atomic E-state index is 11.9. The van der Waals surface area contributed by atoms with Gasteiger partial charge in [0.2, 0.25) is 0 Å². The summed E-state index contributed by atoms with van der Waals surface area (Å²) >= 11 is 6.74. The van der Waals surface area contributed by atoms with Gasteiger partial charge in [-0.15, -0.1) is 0 Å². The van der Waals surface area contributed by atoms with Crippen molar-refractivity contribution >= 4 is 37.8 Å². The van der Waals surface area contributed by atoms with E-state index in [1.165, 1.54) is 0 Å². The quantitative estimate of drug-likeness (QED) is 0.870. The number of amides is 1. The molecule has 1 aromatic carbocycles. The van der Waals surface area contributed by atoms with E-state index in [9.17, 15) is 4.79 Å². The molecule has 1 rings (SSSR count). The Morgan fingerprint density at radius 1 is 1.31 bits per heavy atom. The van der Waals surface area contributed by atoms with E-state index in [2.05, 4.69) is 44.1 Å². The van der Waals surface area contributed by atoms with Crippen LogP contribution in [0.5, 0.6) is 0 Å². The van der Waals surface area contributed by atoms with Crippen molar-refractivity contribution < 1.29 is 4.79 Å². The normalized spacial score (nSPS) is 12.2. The maximum Gasteiger partial charge on any atom is 0.251 e. The van der Waals surface area contributed by atoms with E-state index >= 15 is 0 Å². The fourth-order valence-electron chi connectivity index (χ4n) is 1.50. The van der Waals surface area contributed by atoms with Crippen LogP contribution in [0.3, 0.4) is 0 Å². The van der Waals surface area contributed by atoms with Crippen LogP contribution in [0.15, 0.2) is 27.1 Å². The van der Waals surface area contributed by atoms with Crippen LogP contribution in [0.1, 0.15) is 37.0 Å². The van der Waals surface area contributed by atoms with Gasteiger partial charge in [0.25, 0.3) is 5.91 Å². The smallest absolute Gasteiger partial charge is 0.251 e. The molecule has 0 radical (unpaired) electrons. The largest absolute Gasteiger partial charge is 0.350 e. The van der Waals surface area contributed by atoms with Crippen molar-refractivity contribution in [1.29, 1.82) is 0 Å². The minimum absolute atomic E-state index is 0.0250. The van der Waals surface area contributed by atoms with Gasteiger partial charge < -0.3 is 5.32 Å². The van der Waals surface area contributed by atoms with Crippen molar-refractivity contribution in [2.75, 3.05) is 0 Å². The molecule has 88 valence electrons. The summed E-state index contributed by atoms with van der Waals surface area (Å²) in [5.74, 6) is -0.0250. The molecular formula is C12H15Br2NO. The summed E-state index contributed by atoms with van der Waals surface area (Å²) in [7, 11) is 0. The highest BCUT2D eigenvalue weighted by Gasteiger charge is 2.10. The minimum Gasteiger partial charge on any atom is -0.350 e. The fourth-order valence-corrected chi connectivity index (χ4v) is 2.79. The van der Waals surface area contributed by atoms with Crippen molar-refractivity contribution in [3.63, 3.8) is 0 Å². The van der Waals surface area contributed by atoms with Gasteiger partial charge in [0, 0.05) is 20.6 Å². The molecule has 1 unspecified atom stereocenters. The van der Waals surface area contributed by atoms with Crippen molar-refractivity contribution in [3.05, 3.63) is 32.7 Å². The van der Waals surface area contributed by atoms with Gasteiger partial charge in [-0.25, -0.2) is 0 Å². The van der Waals surface area contributed by atoms with E-state index in [1.54, 1.807) is 0 Å². The average molecular weight is 349 g/mol. The Morgan fingerprint density at radius 3 is 2.38 bits per heavy atom. The summed E-state index contributed by atoms with van der Waals surface area (Å²) in [6.07, 6.45) is 2.07. The first-order chi connectivity index (χ1) is 7.52. The Bertz CT molecular complexity index is 359. The van der Waals surface area contributed by atoms with Gasteiger partial charge in [-0.1, -0.05) is 45.2 Å². The van der Waals surface area contributed by atoms with Crippen LogP contribution in [0.2, 0.25) is 0 Å². The standard InChI is InChI=1S/C12H15Br2NO/c1-3-4-8(2)15-12(16)9-5-10(13)7-11(14)6-9/h5-8H,3-4H2,1-2H3,(H,15,16). The van der Waals surface area contributed by atoms with E-state index in [4.69, 9.17) is 0 Å². The third kappa shape index (κ3) is 4.26. The third-order valence-corrected chi connectivity index (χ3v) is 3.14. The SMILES string of the molecule is CCCC(C)NC(=O)c1cc(Br)cc(Br)c1. The first-order valence-corrected chi connectivity index (χ1v) is 6.88. The fraction of sp³-hybridized carbons (Fsp3) is 0.417. The average Bonchev–Trinajstić information content (AvgIpc) is 2.16. The van der Waals surface area contributed by atoms with E-state index < -0.39 is 0 Å². The van der Waals surface area contributed by atoms with E-state index in [1.807, 2.05) is 25.1 Å². The van der Waals surface area contributed by atoms with E-state index in [-0.39, 0.29) is 11.9 Å². The molecule has 0 bridgehead atoms. The number of carbonyl (C=O) groups is 1. The number of hydrogen-bond acceptors (Lipinski definition) is 1. The van der Waals surface area contributed by atoms with Crippen LogP contribution in [-0.4, -0.2) is 11.9 Å². The Labute approximate surface area is 113 Å². The molecule has 0 aliphatic rings. The molecule has 16 heavy (non-hydrogen) atoms. The summed E-state index contributed by atoms with van der Waals surface area (Å²) in [6.45, 7) is 4.13. The molecular weight excluding hydrogens is 334 g/mol. The molecule has 1 N–H and O–H groups in total. The number of benzene rings is 1. The van der Waals surface area contributed by atoms with Crippen molar-refractivity contribution in [2.24, 2.45) is 0 Å². The van der Waals surface area contributed by atoms with Gasteiger partial charge in [0.05, 0.1) is 0 Å². The van der Waals surface area contributed by atoms with Gasteiger partial charge in [-0.3, -0.25) is 4.79 Å². The highest BCUT2D eigenvalue weighted by Crippen LogP contribution is 2.20. The highest BCUT2D eigenvalue weighted by atomic mass is 79.9. The zero-order chi connectivity index (χ0) is 12.1. The first kappa shape index (κ1) is 13.7. The second-order valence-electron chi connectivity index (χ2n) is 3.82. The molecule has 1 amide bonds. The van der Waals surface area contributed by atoms with Crippen LogP contribution >= 0.6 is 31.9 Å². The summed E-state index contributed by atoms with van der Waals surface area (Å²) < 4.78 is 1.80. The number of hydrogen-bond donors (Lipinski definition) is 1. The predicted octanol–water partition coefficient (Wildman–Crippen LogP) is 4.13. The highest BCUT2D eigenvalue weighted by molar-refractivity contribution is 9.11. The lowest BCUT2D eigenvalue weighted by molar-refractivity contribution is 0.0938. The van der Waals surface area contributed by atoms with E-state index in [0.717, 1.165) is 21.8 Å². The Balaban J connectivity index is 2.72. The topological polar surface area (TPSA) is 29.1 Å². The minimum atomic E-state index is -0.0250. The molecule has 1 aromatic rings. The lowest BCUT2D eigenvalue weighted by Gasteiger charge is -2.13. The van der Waals surface area contributed by atoms with Crippen LogP contribution < -0.4 is 5.32 Å². The Hall–Kier alpha value is -0.350. The Morgan fingerprint density at radius 2 is 1.88 bits per heavy atom. The molecule has 0 aromatic heterocycles. The zero-order valence-electron chi connectivity index (χ0n) is 9.39. The number of halogens is 2. The van der Waals surface area contributed by atoms with Gasteiger partial charge in [0.1, 0.15) is 0 Å². The molecule has 2 nitrogen and oxygen atoms in total. The van der Waals surface area contributed by atoms with Crippen LogP contribution in [0, 0.1) is 0 Å². The molecule has 0 spiro atoms. The first-order valence-electron chi connectivity index (χ1n) is 5.30. The lowest BCUT2D eigenvalue weighted by Crippen LogP contribution is -2.32. The molecule has 0 saturated heterocycles. The maximum atomic E-state index is 11.9. The molecule has 0 aliphatic heterocycles.